The maximum atomic E-state index is 12.7. The van der Waals surface area contributed by atoms with E-state index in [4.69, 9.17) is 4.74 Å². The van der Waals surface area contributed by atoms with Crippen molar-refractivity contribution in [1.29, 1.82) is 0 Å². The lowest BCUT2D eigenvalue weighted by molar-refractivity contribution is -0.135. The van der Waals surface area contributed by atoms with Gasteiger partial charge in [0.05, 0.1) is 12.6 Å². The van der Waals surface area contributed by atoms with Crippen LogP contribution >= 0.6 is 24.0 Å². The maximum absolute atomic E-state index is 12.7. The molecule has 0 aliphatic carbocycles. The molecule has 0 aromatic carbocycles. The van der Waals surface area contributed by atoms with Crippen molar-refractivity contribution in [1.82, 2.24) is 25.3 Å². The Hall–Kier alpha value is -1.30. The zero-order valence-corrected chi connectivity index (χ0v) is 22.8. The SMILES string of the molecule is CCOC(=O)NC(CNC(=NC)N1CCN(C(C)C(=O)N2CCCC2)CC1)CC(C)C.I. The van der Waals surface area contributed by atoms with Gasteiger partial charge in [0.1, 0.15) is 0 Å². The lowest BCUT2D eigenvalue weighted by atomic mass is 10.0. The molecule has 0 aromatic rings. The topological polar surface area (TPSA) is 89.5 Å². The molecule has 2 saturated heterocycles. The summed E-state index contributed by atoms with van der Waals surface area (Å²) < 4.78 is 5.04. The van der Waals surface area contributed by atoms with Crippen molar-refractivity contribution < 1.29 is 14.3 Å². The van der Waals surface area contributed by atoms with E-state index in [0.717, 1.165) is 64.5 Å². The van der Waals surface area contributed by atoms with Crippen molar-refractivity contribution in [2.75, 3.05) is 59.5 Å². The summed E-state index contributed by atoms with van der Waals surface area (Å²) in [4.78, 5) is 35.5. The van der Waals surface area contributed by atoms with Crippen LogP contribution in [-0.4, -0.2) is 104 Å². The minimum atomic E-state index is -0.379. The van der Waals surface area contributed by atoms with Crippen molar-refractivity contribution in [3.63, 3.8) is 0 Å². The predicted octanol–water partition coefficient (Wildman–Crippen LogP) is 1.97. The first kappa shape index (κ1) is 28.7. The molecule has 32 heavy (non-hydrogen) atoms. The summed E-state index contributed by atoms with van der Waals surface area (Å²) in [5, 5.41) is 6.36. The van der Waals surface area contributed by atoms with E-state index in [2.05, 4.69) is 39.3 Å². The zero-order chi connectivity index (χ0) is 22.8. The third kappa shape index (κ3) is 8.92. The third-order valence-corrected chi connectivity index (χ3v) is 6.01. The van der Waals surface area contributed by atoms with E-state index in [0.29, 0.717) is 19.1 Å². The monoisotopic (exact) mass is 566 g/mol. The molecule has 186 valence electrons. The summed E-state index contributed by atoms with van der Waals surface area (Å²) in [5.74, 6) is 1.54. The minimum absolute atomic E-state index is 0. The Balaban J connectivity index is 0.00000512. The first-order chi connectivity index (χ1) is 14.8. The van der Waals surface area contributed by atoms with Gasteiger partial charge in [0.25, 0.3) is 0 Å². The number of guanidine groups is 1. The molecule has 0 radical (unpaired) electrons. The molecular formula is C22H43IN6O3. The normalized spacial score (nSPS) is 19.4. The summed E-state index contributed by atoms with van der Waals surface area (Å²) >= 11 is 0. The van der Waals surface area contributed by atoms with Gasteiger partial charge >= 0.3 is 6.09 Å². The van der Waals surface area contributed by atoms with Gasteiger partial charge < -0.3 is 25.2 Å². The molecule has 0 saturated carbocycles. The van der Waals surface area contributed by atoms with Crippen LogP contribution < -0.4 is 10.6 Å². The van der Waals surface area contributed by atoms with Crippen LogP contribution in [0, 0.1) is 5.92 Å². The van der Waals surface area contributed by atoms with Gasteiger partial charge in [-0.2, -0.15) is 0 Å². The standard InChI is InChI=1S/C22H42N6O3.HI/c1-6-31-22(30)25-19(15-17(2)3)16-24-21(23-5)28-13-11-26(12-14-28)18(4)20(29)27-9-7-8-10-27;/h17-19H,6-16H2,1-5H3,(H,23,24)(H,25,30);1H. The Morgan fingerprint density at radius 3 is 2.16 bits per heavy atom. The molecule has 2 aliphatic rings. The van der Waals surface area contributed by atoms with Crippen molar-refractivity contribution >= 4 is 41.9 Å². The van der Waals surface area contributed by atoms with Crippen LogP contribution in [0.25, 0.3) is 0 Å². The summed E-state index contributed by atoms with van der Waals surface area (Å²) in [6.07, 6.45) is 2.72. The summed E-state index contributed by atoms with van der Waals surface area (Å²) in [7, 11) is 1.78. The number of aliphatic imine (C=N–C) groups is 1. The van der Waals surface area contributed by atoms with Crippen molar-refractivity contribution in [2.45, 2.75) is 59.0 Å². The molecule has 0 spiro atoms. The average Bonchev–Trinajstić information content (AvgIpc) is 3.28. The summed E-state index contributed by atoms with van der Waals surface area (Å²) in [6, 6.07) is -0.102. The van der Waals surface area contributed by atoms with Crippen LogP contribution in [0.5, 0.6) is 0 Å². The Kier molecular flexibility index (Phi) is 13.3. The lowest BCUT2D eigenvalue weighted by Crippen LogP contribution is -2.58. The quantitative estimate of drug-likeness (QED) is 0.266. The number of ether oxygens (including phenoxy) is 1. The van der Waals surface area contributed by atoms with Gasteiger partial charge in [-0.25, -0.2) is 4.79 Å². The number of piperazine rings is 1. The highest BCUT2D eigenvalue weighted by Gasteiger charge is 2.30. The Morgan fingerprint density at radius 1 is 1.00 bits per heavy atom. The molecule has 0 bridgehead atoms. The number of rotatable bonds is 8. The molecule has 10 heteroatoms. The summed E-state index contributed by atoms with van der Waals surface area (Å²) in [6.45, 7) is 14.2. The number of carbonyl (C=O) groups excluding carboxylic acids is 2. The van der Waals surface area contributed by atoms with Gasteiger partial charge in [0.2, 0.25) is 5.91 Å². The van der Waals surface area contributed by atoms with Crippen LogP contribution in [0.2, 0.25) is 0 Å². The minimum Gasteiger partial charge on any atom is -0.450 e. The molecule has 2 amide bonds. The second kappa shape index (κ2) is 14.8. The molecule has 2 N–H and O–H groups in total. The van der Waals surface area contributed by atoms with E-state index in [-0.39, 0.29) is 48.1 Å². The average molecular weight is 567 g/mol. The number of nitrogens with zero attached hydrogens (tertiary/aromatic N) is 4. The molecule has 2 fully saturated rings. The second-order valence-corrected chi connectivity index (χ2v) is 8.85. The van der Waals surface area contributed by atoms with E-state index >= 15 is 0 Å². The predicted molar refractivity (Wildman–Crippen MR) is 139 cm³/mol. The van der Waals surface area contributed by atoms with Gasteiger partial charge in [-0.15, -0.1) is 24.0 Å². The largest absolute Gasteiger partial charge is 0.450 e. The van der Waals surface area contributed by atoms with Crippen LogP contribution in [0.3, 0.4) is 0 Å². The molecule has 2 rings (SSSR count). The highest BCUT2D eigenvalue weighted by Crippen LogP contribution is 2.14. The molecule has 2 aliphatic heterocycles. The Bertz CT molecular complexity index is 604. The Labute approximate surface area is 210 Å². The molecule has 0 aromatic heterocycles. The number of hydrogen-bond donors (Lipinski definition) is 2. The van der Waals surface area contributed by atoms with Gasteiger partial charge in [0, 0.05) is 58.9 Å². The second-order valence-electron chi connectivity index (χ2n) is 8.85. The highest BCUT2D eigenvalue weighted by molar-refractivity contribution is 14.0. The number of hydrogen-bond acceptors (Lipinski definition) is 5. The smallest absolute Gasteiger partial charge is 0.407 e. The van der Waals surface area contributed by atoms with Gasteiger partial charge in [-0.1, -0.05) is 13.8 Å². The fourth-order valence-corrected chi connectivity index (χ4v) is 4.33. The fourth-order valence-electron chi connectivity index (χ4n) is 4.33. The molecule has 2 heterocycles. The van der Waals surface area contributed by atoms with E-state index in [1.165, 1.54) is 0 Å². The summed E-state index contributed by atoms with van der Waals surface area (Å²) in [5.41, 5.74) is 0. The molecule has 2 atom stereocenters. The number of amides is 2. The number of carbonyl (C=O) groups is 2. The fraction of sp³-hybridized carbons (Fsp3) is 0.864. The maximum Gasteiger partial charge on any atom is 0.407 e. The number of halogens is 1. The van der Waals surface area contributed by atoms with Crippen molar-refractivity contribution in [2.24, 2.45) is 10.9 Å². The van der Waals surface area contributed by atoms with E-state index in [1.54, 1.807) is 14.0 Å². The van der Waals surface area contributed by atoms with Crippen molar-refractivity contribution in [3.8, 4) is 0 Å². The van der Waals surface area contributed by atoms with Crippen molar-refractivity contribution in [3.05, 3.63) is 0 Å². The number of likely N-dealkylation sites (tertiary alicyclic amines) is 1. The van der Waals surface area contributed by atoms with E-state index in [1.807, 2.05) is 11.8 Å². The number of alkyl carbamates (subject to hydrolysis) is 1. The van der Waals surface area contributed by atoms with Crippen LogP contribution in [0.4, 0.5) is 4.79 Å². The Morgan fingerprint density at radius 2 is 1.62 bits per heavy atom. The molecule has 9 nitrogen and oxygen atoms in total. The first-order valence-corrected chi connectivity index (χ1v) is 11.8. The molecular weight excluding hydrogens is 523 g/mol. The lowest BCUT2D eigenvalue weighted by Gasteiger charge is -2.39. The van der Waals surface area contributed by atoms with Gasteiger partial charge in [0.15, 0.2) is 5.96 Å². The van der Waals surface area contributed by atoms with E-state index < -0.39 is 0 Å². The number of nitrogens with one attached hydrogen (secondary N) is 2. The van der Waals surface area contributed by atoms with Crippen LogP contribution in [0.1, 0.15) is 47.0 Å². The zero-order valence-electron chi connectivity index (χ0n) is 20.4. The van der Waals surface area contributed by atoms with Crippen LogP contribution in [-0.2, 0) is 9.53 Å². The van der Waals surface area contributed by atoms with Crippen LogP contribution in [0.15, 0.2) is 4.99 Å². The first-order valence-electron chi connectivity index (χ1n) is 11.8. The molecule has 2 unspecified atom stereocenters. The van der Waals surface area contributed by atoms with Gasteiger partial charge in [-0.3, -0.25) is 14.7 Å². The highest BCUT2D eigenvalue weighted by atomic mass is 127. The van der Waals surface area contributed by atoms with E-state index in [9.17, 15) is 9.59 Å². The third-order valence-electron chi connectivity index (χ3n) is 6.01. The van der Waals surface area contributed by atoms with Gasteiger partial charge in [-0.05, 0) is 39.0 Å².